The molecule has 0 rings (SSSR count). The van der Waals surface area contributed by atoms with Gasteiger partial charge in [-0.2, -0.15) is 0 Å². The smallest absolute Gasteiger partial charge is 0.462 e. The second kappa shape index (κ2) is 73.8. The average Bonchev–Trinajstić information content (AvgIpc) is 1.01. The van der Waals surface area contributed by atoms with Gasteiger partial charge in [0.05, 0.1) is 26.4 Å². The maximum atomic E-state index is 13.1. The van der Waals surface area contributed by atoms with E-state index in [9.17, 15) is 43.2 Å². The molecule has 0 fully saturated rings. The number of unbranched alkanes of at least 4 members (excludes halogenated alkanes) is 38. The number of rotatable bonds is 76. The van der Waals surface area contributed by atoms with Gasteiger partial charge < -0.3 is 33.8 Å². The van der Waals surface area contributed by atoms with Crippen molar-refractivity contribution in [1.82, 2.24) is 0 Å². The fourth-order valence-electron chi connectivity index (χ4n) is 10.9. The highest BCUT2D eigenvalue weighted by Crippen LogP contribution is 2.45. The molecule has 0 aliphatic heterocycles. The van der Waals surface area contributed by atoms with Crippen LogP contribution in [0, 0.1) is 0 Å². The summed E-state index contributed by atoms with van der Waals surface area (Å²) < 4.78 is 68.6. The zero-order chi connectivity index (χ0) is 73.2. The number of hydrogen-bond acceptors (Lipinski definition) is 15. The van der Waals surface area contributed by atoms with Crippen LogP contribution < -0.4 is 0 Å². The molecule has 0 aliphatic carbocycles. The molecule has 17 nitrogen and oxygen atoms in total. The molecule has 0 saturated carbocycles. The number of ether oxygens (including phenoxy) is 4. The minimum atomic E-state index is -4.98. The Morgan fingerprint density at radius 1 is 0.280 bits per heavy atom. The Morgan fingerprint density at radius 2 is 0.490 bits per heavy atom. The van der Waals surface area contributed by atoms with Crippen LogP contribution in [0.1, 0.15) is 362 Å². The van der Waals surface area contributed by atoms with Crippen molar-refractivity contribution in [2.24, 2.45) is 0 Å². The summed E-state index contributed by atoms with van der Waals surface area (Å²) in [5, 5.41) is 10.6. The van der Waals surface area contributed by atoms with Crippen molar-refractivity contribution in [2.75, 3.05) is 39.6 Å². The first kappa shape index (κ1) is 96.5. The summed E-state index contributed by atoms with van der Waals surface area (Å²) >= 11 is 0. The van der Waals surface area contributed by atoms with Crippen molar-refractivity contribution < 1.29 is 80.2 Å². The van der Waals surface area contributed by atoms with E-state index in [0.717, 1.165) is 167 Å². The molecule has 3 N–H and O–H groups in total. The van der Waals surface area contributed by atoms with Crippen LogP contribution in [0.3, 0.4) is 0 Å². The van der Waals surface area contributed by atoms with Crippen LogP contribution >= 0.6 is 15.6 Å². The molecule has 0 radical (unpaired) electrons. The van der Waals surface area contributed by atoms with E-state index in [2.05, 4.69) is 101 Å². The Kier molecular flexibility index (Phi) is 71.2. The van der Waals surface area contributed by atoms with E-state index in [1.165, 1.54) is 116 Å². The van der Waals surface area contributed by atoms with Gasteiger partial charge in [-0.25, -0.2) is 9.13 Å². The molecule has 0 heterocycles. The largest absolute Gasteiger partial charge is 0.472 e. The van der Waals surface area contributed by atoms with Gasteiger partial charge in [0, 0.05) is 25.7 Å². The molecule has 0 saturated heterocycles. The van der Waals surface area contributed by atoms with Gasteiger partial charge in [-0.3, -0.25) is 37.3 Å². The lowest BCUT2D eigenvalue weighted by molar-refractivity contribution is -0.161. The zero-order valence-corrected chi connectivity index (χ0v) is 65.4. The van der Waals surface area contributed by atoms with Crippen molar-refractivity contribution >= 4 is 39.5 Å². The predicted molar refractivity (Wildman–Crippen MR) is 409 cm³/mol. The number of aliphatic hydroxyl groups excluding tert-OH is 1. The molecule has 0 aromatic rings. The van der Waals surface area contributed by atoms with Gasteiger partial charge in [0.15, 0.2) is 12.2 Å². The van der Waals surface area contributed by atoms with E-state index in [4.69, 9.17) is 37.0 Å². The third-order valence-corrected chi connectivity index (χ3v) is 19.0. The molecule has 5 atom stereocenters. The topological polar surface area (TPSA) is 237 Å². The van der Waals surface area contributed by atoms with Gasteiger partial charge in [0.2, 0.25) is 0 Å². The number of allylic oxidation sites excluding steroid dienone is 12. The summed E-state index contributed by atoms with van der Waals surface area (Å²) in [5.41, 5.74) is 0. The van der Waals surface area contributed by atoms with Gasteiger partial charge in [-0.1, -0.05) is 268 Å². The second-order valence-electron chi connectivity index (χ2n) is 27.0. The lowest BCUT2D eigenvalue weighted by atomic mass is 10.1. The van der Waals surface area contributed by atoms with E-state index in [1.807, 2.05) is 0 Å². The third kappa shape index (κ3) is 72.8. The number of aliphatic hydroxyl groups is 1. The van der Waals surface area contributed by atoms with Crippen molar-refractivity contribution in [3.8, 4) is 0 Å². The van der Waals surface area contributed by atoms with Crippen molar-refractivity contribution in [3.63, 3.8) is 0 Å². The lowest BCUT2D eigenvalue weighted by Crippen LogP contribution is -2.30. The van der Waals surface area contributed by atoms with E-state index < -0.39 is 97.5 Å². The Balaban J connectivity index is 5.37. The second-order valence-corrected chi connectivity index (χ2v) is 29.9. The molecule has 0 amide bonds. The maximum Gasteiger partial charge on any atom is 0.472 e. The molecule has 0 aliphatic rings. The SMILES string of the molecule is CCCCC/C=C\C/C=C\CCCCCCCC(=O)OC[C@H](COP(=O)(O)OC[C@@H](O)COP(=O)(O)OC[C@@H](COC(=O)CCCCCCC/C=C\CCCCCCCC)OC(=O)CCCCCCC/C=C\CCCCCCCC)OC(=O)CCCCCCC/C=C\C/C=C\CCCCC. The van der Waals surface area contributed by atoms with Crippen LogP contribution in [0.15, 0.2) is 72.9 Å². The first-order valence-electron chi connectivity index (χ1n) is 40.2. The molecular formula is C81H146O17P2. The predicted octanol–water partition coefficient (Wildman–Crippen LogP) is 23.2. The summed E-state index contributed by atoms with van der Waals surface area (Å²) in [5.74, 6) is -2.20. The highest BCUT2D eigenvalue weighted by molar-refractivity contribution is 7.47. The highest BCUT2D eigenvalue weighted by atomic mass is 31.2. The monoisotopic (exact) mass is 1450 g/mol. The molecule has 2 unspecified atom stereocenters. The van der Waals surface area contributed by atoms with E-state index >= 15 is 0 Å². The lowest BCUT2D eigenvalue weighted by Gasteiger charge is -2.21. The quantitative estimate of drug-likeness (QED) is 0.0169. The average molecular weight is 1450 g/mol. The van der Waals surface area contributed by atoms with E-state index in [0.29, 0.717) is 25.7 Å². The number of carbonyl (C=O) groups excluding carboxylic acids is 4. The van der Waals surface area contributed by atoms with Crippen LogP contribution in [0.25, 0.3) is 0 Å². The molecule has 0 bridgehead atoms. The summed E-state index contributed by atoms with van der Waals surface area (Å²) in [6.07, 6.45) is 74.4. The molecule has 0 aromatic heterocycles. The Bertz CT molecular complexity index is 2180. The summed E-state index contributed by atoms with van der Waals surface area (Å²) in [4.78, 5) is 73.0. The number of phosphoric acid groups is 2. The first-order chi connectivity index (χ1) is 48.7. The van der Waals surface area contributed by atoms with Crippen molar-refractivity contribution in [1.29, 1.82) is 0 Å². The summed E-state index contributed by atoms with van der Waals surface area (Å²) in [6.45, 7) is 4.82. The Labute approximate surface area is 609 Å². The van der Waals surface area contributed by atoms with Crippen LogP contribution in [0.4, 0.5) is 0 Å². The minimum absolute atomic E-state index is 0.0779. The fourth-order valence-corrected chi connectivity index (χ4v) is 12.5. The Morgan fingerprint density at radius 3 is 0.770 bits per heavy atom. The van der Waals surface area contributed by atoms with E-state index in [-0.39, 0.29) is 25.7 Å². The highest BCUT2D eigenvalue weighted by Gasteiger charge is 2.30. The van der Waals surface area contributed by atoms with E-state index in [1.54, 1.807) is 0 Å². The number of phosphoric ester groups is 2. The third-order valence-electron chi connectivity index (χ3n) is 17.1. The first-order valence-corrected chi connectivity index (χ1v) is 43.2. The van der Waals surface area contributed by atoms with Crippen LogP contribution in [-0.2, 0) is 65.4 Å². The molecule has 0 spiro atoms. The van der Waals surface area contributed by atoms with Gasteiger partial charge >= 0.3 is 39.5 Å². The van der Waals surface area contributed by atoms with Gasteiger partial charge in [0.1, 0.15) is 19.3 Å². The van der Waals surface area contributed by atoms with Gasteiger partial charge in [0.25, 0.3) is 0 Å². The van der Waals surface area contributed by atoms with Crippen molar-refractivity contribution in [2.45, 2.75) is 380 Å². The minimum Gasteiger partial charge on any atom is -0.462 e. The zero-order valence-electron chi connectivity index (χ0n) is 63.6. The van der Waals surface area contributed by atoms with Gasteiger partial charge in [-0.05, 0) is 141 Å². The molecule has 582 valence electrons. The molecule has 100 heavy (non-hydrogen) atoms. The normalized spacial score (nSPS) is 14.3. The molecule has 19 heteroatoms. The maximum absolute atomic E-state index is 13.1. The van der Waals surface area contributed by atoms with Gasteiger partial charge in [-0.15, -0.1) is 0 Å². The Hall–Kier alpha value is -3.50. The standard InChI is InChI=1S/C81H146O17P2/c1-5-9-13-17-21-25-29-33-37-41-45-49-53-57-61-65-78(83)91-71-76(97-80(85)67-63-59-55-51-47-43-39-35-31-27-23-19-15-11-7-3)73-95-99(87,88)93-69-75(82)70-94-100(89,90)96-74-77(98-81(86)68-64-60-56-52-48-44-40-36-32-28-24-20-16-12-8-4)72-92-79(84)66-62-58-54-50-46-42-38-34-30-26-22-18-14-10-6-2/h21,23,25,27,33-40,75-77,82H,5-20,22,24,26,28-32,41-74H2,1-4H3,(H,87,88)(H,89,90)/b25-21-,27-23-,37-33-,38-34-,39-35-,40-36-/t75-,76-,77-/m1/s1. The number of esters is 4. The summed E-state index contributed by atoms with van der Waals surface area (Å²) in [7, 11) is -9.96. The molecular weight excluding hydrogens is 1310 g/mol. The van der Waals surface area contributed by atoms with Crippen molar-refractivity contribution in [3.05, 3.63) is 72.9 Å². The van der Waals surface area contributed by atoms with Crippen LogP contribution in [-0.4, -0.2) is 96.7 Å². The number of carbonyl (C=O) groups is 4. The summed E-state index contributed by atoms with van der Waals surface area (Å²) in [6, 6.07) is 0. The number of hydrogen-bond donors (Lipinski definition) is 3. The van der Waals surface area contributed by atoms with Crippen LogP contribution in [0.5, 0.6) is 0 Å². The molecule has 0 aromatic carbocycles. The fraction of sp³-hybridized carbons (Fsp3) is 0.802. The van der Waals surface area contributed by atoms with Crippen LogP contribution in [0.2, 0.25) is 0 Å².